The number of carbonyl (C=O) groups excluding carboxylic acids is 1. The molecule has 1 saturated carbocycles. The van der Waals surface area contributed by atoms with Crippen LogP contribution in [0.3, 0.4) is 0 Å². The Kier molecular flexibility index (Phi) is 7.93. The molecule has 1 atom stereocenters. The van der Waals surface area contributed by atoms with Gasteiger partial charge in [0.25, 0.3) is 0 Å². The van der Waals surface area contributed by atoms with Gasteiger partial charge in [0.1, 0.15) is 0 Å². The van der Waals surface area contributed by atoms with E-state index in [1.165, 1.54) is 12.8 Å². The second kappa shape index (κ2) is 10.2. The summed E-state index contributed by atoms with van der Waals surface area (Å²) in [6.45, 7) is 4.03. The van der Waals surface area contributed by atoms with Gasteiger partial charge in [-0.1, -0.05) is 12.1 Å². The molecule has 1 fully saturated rings. The summed E-state index contributed by atoms with van der Waals surface area (Å²) in [7, 11) is 0. The minimum atomic E-state index is -0.210. The summed E-state index contributed by atoms with van der Waals surface area (Å²) in [5, 5.41) is 14.6. The zero-order valence-corrected chi connectivity index (χ0v) is 14.9. The number of para-hydroxylation sites is 1. The van der Waals surface area contributed by atoms with Gasteiger partial charge in [-0.25, -0.2) is 4.79 Å². The third kappa shape index (κ3) is 7.24. The quantitative estimate of drug-likeness (QED) is 0.497. The van der Waals surface area contributed by atoms with E-state index in [-0.39, 0.29) is 11.9 Å². The molecule has 0 spiro atoms. The van der Waals surface area contributed by atoms with Gasteiger partial charge in [0.05, 0.1) is 17.7 Å². The number of amides is 2. The van der Waals surface area contributed by atoms with Crippen LogP contribution in [0.4, 0.5) is 10.5 Å². The second-order valence-corrected chi connectivity index (χ2v) is 7.15. The van der Waals surface area contributed by atoms with Crippen LogP contribution in [-0.4, -0.2) is 31.5 Å². The van der Waals surface area contributed by atoms with E-state index in [2.05, 4.69) is 16.7 Å². The Morgan fingerprint density at radius 1 is 1.46 bits per heavy atom. The molecule has 0 radical (unpaired) electrons. The summed E-state index contributed by atoms with van der Waals surface area (Å²) in [5.74, 6) is 1.46. The highest BCUT2D eigenvalue weighted by molar-refractivity contribution is 7.99. The summed E-state index contributed by atoms with van der Waals surface area (Å²) < 4.78 is 5.54. The van der Waals surface area contributed by atoms with Gasteiger partial charge < -0.3 is 15.4 Å². The van der Waals surface area contributed by atoms with E-state index in [0.717, 1.165) is 29.5 Å². The molecular formula is C18H25N3O2S. The highest BCUT2D eigenvalue weighted by Gasteiger charge is 2.20. The minimum absolute atomic E-state index is 0.0208. The first-order chi connectivity index (χ1) is 11.7. The predicted octanol–water partition coefficient (Wildman–Crippen LogP) is 3.88. The maximum Gasteiger partial charge on any atom is 0.319 e. The van der Waals surface area contributed by atoms with E-state index in [1.54, 1.807) is 11.8 Å². The Morgan fingerprint density at radius 2 is 2.25 bits per heavy atom. The van der Waals surface area contributed by atoms with Gasteiger partial charge in [-0.2, -0.15) is 5.26 Å². The van der Waals surface area contributed by atoms with Gasteiger partial charge in [0, 0.05) is 30.4 Å². The lowest BCUT2D eigenvalue weighted by atomic mass is 10.3. The Labute approximate surface area is 148 Å². The van der Waals surface area contributed by atoms with Crippen LogP contribution in [0.1, 0.15) is 26.2 Å². The molecule has 0 heterocycles. The lowest BCUT2D eigenvalue weighted by Crippen LogP contribution is -2.30. The molecule has 1 aromatic rings. The smallest absolute Gasteiger partial charge is 0.319 e. The molecule has 0 saturated heterocycles. The number of nitrogens with one attached hydrogen (secondary N) is 2. The Bertz CT molecular complexity index is 570. The van der Waals surface area contributed by atoms with E-state index in [0.29, 0.717) is 18.9 Å². The van der Waals surface area contributed by atoms with Crippen molar-refractivity contribution >= 4 is 23.5 Å². The fourth-order valence-corrected chi connectivity index (χ4v) is 2.98. The van der Waals surface area contributed by atoms with Gasteiger partial charge in [0.15, 0.2) is 0 Å². The predicted molar refractivity (Wildman–Crippen MR) is 97.1 cm³/mol. The number of benzene rings is 1. The Hall–Kier alpha value is -1.71. The zero-order chi connectivity index (χ0) is 17.2. The number of anilines is 1. The second-order valence-electron chi connectivity index (χ2n) is 6.09. The summed E-state index contributed by atoms with van der Waals surface area (Å²) in [5.41, 5.74) is 0.773. The van der Waals surface area contributed by atoms with Gasteiger partial charge in [-0.15, -0.1) is 11.8 Å². The van der Waals surface area contributed by atoms with Crippen LogP contribution in [0.25, 0.3) is 0 Å². The lowest BCUT2D eigenvalue weighted by Gasteiger charge is -2.12. The third-order valence-corrected chi connectivity index (χ3v) is 4.98. The molecule has 0 aliphatic heterocycles. The molecule has 1 unspecified atom stereocenters. The van der Waals surface area contributed by atoms with Crippen molar-refractivity contribution in [1.29, 1.82) is 5.26 Å². The van der Waals surface area contributed by atoms with Crippen molar-refractivity contribution in [1.82, 2.24) is 5.32 Å². The Morgan fingerprint density at radius 3 is 3.00 bits per heavy atom. The average molecular weight is 347 g/mol. The number of hydrogen-bond acceptors (Lipinski definition) is 4. The van der Waals surface area contributed by atoms with Gasteiger partial charge in [-0.05, 0) is 44.2 Å². The molecule has 5 nitrogen and oxygen atoms in total. The molecule has 1 aliphatic carbocycles. The normalized spacial score (nSPS) is 14.7. The van der Waals surface area contributed by atoms with E-state index in [1.807, 2.05) is 31.2 Å². The van der Waals surface area contributed by atoms with Gasteiger partial charge in [-0.3, -0.25) is 0 Å². The van der Waals surface area contributed by atoms with Crippen LogP contribution in [-0.2, 0) is 4.74 Å². The summed E-state index contributed by atoms with van der Waals surface area (Å²) in [6, 6.07) is 9.65. The van der Waals surface area contributed by atoms with Crippen molar-refractivity contribution in [2.75, 3.05) is 30.8 Å². The first-order valence-electron chi connectivity index (χ1n) is 8.43. The number of thioether (sulfide) groups is 1. The Balaban J connectivity index is 1.67. The number of ether oxygens (including phenoxy) is 1. The third-order valence-electron chi connectivity index (χ3n) is 3.65. The number of urea groups is 1. The molecule has 2 N–H and O–H groups in total. The monoisotopic (exact) mass is 347 g/mol. The fourth-order valence-electron chi connectivity index (χ4n) is 2.02. The lowest BCUT2D eigenvalue weighted by molar-refractivity contribution is 0.122. The molecule has 0 bridgehead atoms. The van der Waals surface area contributed by atoms with E-state index < -0.39 is 0 Å². The number of nitrogens with zero attached hydrogens (tertiary/aromatic N) is 1. The van der Waals surface area contributed by atoms with Crippen LogP contribution in [0.2, 0.25) is 0 Å². The molecule has 1 aromatic carbocycles. The van der Waals surface area contributed by atoms with Gasteiger partial charge >= 0.3 is 6.03 Å². The standard InChI is InChI=1S/C18H25N3O2S/c1-14(11-19)13-24-17-6-3-2-5-16(17)21-18(22)20-9-4-10-23-12-15-7-8-15/h2-3,5-6,14-15H,4,7-10,12-13H2,1H3,(H2,20,21,22). The highest BCUT2D eigenvalue weighted by Crippen LogP contribution is 2.29. The van der Waals surface area contributed by atoms with Crippen molar-refractivity contribution in [3.05, 3.63) is 24.3 Å². The molecule has 1 aliphatic rings. The topological polar surface area (TPSA) is 74.2 Å². The number of hydrogen-bond donors (Lipinski definition) is 2. The summed E-state index contributed by atoms with van der Waals surface area (Å²) in [6.07, 6.45) is 3.41. The molecular weight excluding hydrogens is 322 g/mol. The van der Waals surface area contributed by atoms with Crippen molar-refractivity contribution in [2.24, 2.45) is 11.8 Å². The first-order valence-corrected chi connectivity index (χ1v) is 9.41. The molecule has 24 heavy (non-hydrogen) atoms. The minimum Gasteiger partial charge on any atom is -0.381 e. The summed E-state index contributed by atoms with van der Waals surface area (Å²) in [4.78, 5) is 13.0. The molecule has 6 heteroatoms. The number of nitriles is 1. The van der Waals surface area contributed by atoms with E-state index in [4.69, 9.17) is 10.00 Å². The van der Waals surface area contributed by atoms with Crippen LogP contribution >= 0.6 is 11.8 Å². The first kappa shape index (κ1) is 18.6. The van der Waals surface area contributed by atoms with E-state index >= 15 is 0 Å². The van der Waals surface area contributed by atoms with Crippen LogP contribution in [0.5, 0.6) is 0 Å². The molecule has 0 aromatic heterocycles. The van der Waals surface area contributed by atoms with Crippen molar-refractivity contribution < 1.29 is 9.53 Å². The van der Waals surface area contributed by atoms with E-state index in [9.17, 15) is 4.79 Å². The fraction of sp³-hybridized carbons (Fsp3) is 0.556. The van der Waals surface area contributed by atoms with Gasteiger partial charge in [0.2, 0.25) is 0 Å². The number of rotatable bonds is 10. The van der Waals surface area contributed by atoms with Crippen LogP contribution < -0.4 is 10.6 Å². The largest absolute Gasteiger partial charge is 0.381 e. The average Bonchev–Trinajstić information content (AvgIpc) is 3.41. The van der Waals surface area contributed by atoms with Crippen molar-refractivity contribution in [2.45, 2.75) is 31.1 Å². The SMILES string of the molecule is CC(C#N)CSc1ccccc1NC(=O)NCCCOCC1CC1. The maximum atomic E-state index is 12.0. The highest BCUT2D eigenvalue weighted by atomic mass is 32.2. The summed E-state index contributed by atoms with van der Waals surface area (Å²) >= 11 is 1.58. The zero-order valence-electron chi connectivity index (χ0n) is 14.1. The number of carbonyl (C=O) groups is 1. The maximum absolute atomic E-state index is 12.0. The molecule has 2 amide bonds. The van der Waals surface area contributed by atoms with Crippen molar-refractivity contribution in [3.63, 3.8) is 0 Å². The molecule has 130 valence electrons. The van der Waals surface area contributed by atoms with Crippen LogP contribution in [0.15, 0.2) is 29.2 Å². The van der Waals surface area contributed by atoms with Crippen molar-refractivity contribution in [3.8, 4) is 6.07 Å². The molecule has 2 rings (SSSR count). The van der Waals surface area contributed by atoms with Crippen LogP contribution in [0, 0.1) is 23.2 Å².